The molecule has 0 radical (unpaired) electrons. The Morgan fingerprint density at radius 1 is 0.966 bits per heavy atom. The average Bonchev–Trinajstić information content (AvgIpc) is 2.80. The van der Waals surface area contributed by atoms with Crippen LogP contribution in [0.2, 0.25) is 0 Å². The lowest BCUT2D eigenvalue weighted by molar-refractivity contribution is 0.522. The first-order chi connectivity index (χ1) is 14.2. The first-order valence-electron chi connectivity index (χ1n) is 10.4. The Morgan fingerprint density at radius 2 is 1.72 bits per heavy atom. The zero-order chi connectivity index (χ0) is 20.1. The van der Waals surface area contributed by atoms with Crippen LogP contribution in [0.15, 0.2) is 43.0 Å². The molecule has 0 spiro atoms. The number of pyridine rings is 1. The van der Waals surface area contributed by atoms with Gasteiger partial charge in [-0.1, -0.05) is 13.8 Å². The Hall–Kier alpha value is -3.09. The maximum Gasteiger partial charge on any atom is 0.161 e. The van der Waals surface area contributed by atoms with Gasteiger partial charge in [-0.25, -0.2) is 19.9 Å². The third-order valence-corrected chi connectivity index (χ3v) is 5.32. The minimum absolute atomic E-state index is 0.392. The Labute approximate surface area is 171 Å². The zero-order valence-corrected chi connectivity index (χ0v) is 17.0. The lowest BCUT2D eigenvalue weighted by Gasteiger charge is -2.33. The predicted octanol–water partition coefficient (Wildman–Crippen LogP) is 3.53. The second kappa shape index (κ2) is 8.94. The van der Waals surface area contributed by atoms with E-state index in [4.69, 9.17) is 4.98 Å². The Balaban J connectivity index is 1.44. The molecule has 0 bridgehead atoms. The molecular weight excluding hydrogens is 362 g/mol. The lowest BCUT2D eigenvalue weighted by Crippen LogP contribution is -2.39. The second-order valence-electron chi connectivity index (χ2n) is 7.28. The van der Waals surface area contributed by atoms with Gasteiger partial charge in [0.15, 0.2) is 5.82 Å². The van der Waals surface area contributed by atoms with E-state index in [1.165, 1.54) is 0 Å². The topological polar surface area (TPSA) is 79.7 Å². The minimum atomic E-state index is 0.392. The van der Waals surface area contributed by atoms with E-state index in [0.717, 1.165) is 73.2 Å². The molecule has 7 nitrogen and oxygen atoms in total. The van der Waals surface area contributed by atoms with Gasteiger partial charge in [0.1, 0.15) is 18.0 Å². The van der Waals surface area contributed by atoms with E-state index in [9.17, 15) is 0 Å². The van der Waals surface area contributed by atoms with Crippen molar-refractivity contribution in [3.8, 4) is 11.4 Å². The molecule has 1 fully saturated rings. The van der Waals surface area contributed by atoms with Crippen LogP contribution in [0.3, 0.4) is 0 Å². The van der Waals surface area contributed by atoms with Crippen molar-refractivity contribution in [2.75, 3.05) is 23.3 Å². The number of anilines is 2. The molecular formula is C22H27N7. The van der Waals surface area contributed by atoms with Crippen LogP contribution in [0.25, 0.3) is 11.4 Å². The summed E-state index contributed by atoms with van der Waals surface area (Å²) in [7, 11) is 0. The van der Waals surface area contributed by atoms with Crippen LogP contribution in [0.4, 0.5) is 11.6 Å². The van der Waals surface area contributed by atoms with E-state index < -0.39 is 0 Å². The normalized spacial score (nSPS) is 14.8. The van der Waals surface area contributed by atoms with E-state index >= 15 is 0 Å². The quantitative estimate of drug-likeness (QED) is 0.691. The maximum absolute atomic E-state index is 4.76. The fourth-order valence-corrected chi connectivity index (χ4v) is 3.60. The number of nitrogens with zero attached hydrogens (tertiary/aromatic N) is 6. The number of piperidine rings is 1. The summed E-state index contributed by atoms with van der Waals surface area (Å²) in [5, 5.41) is 3.63. The molecule has 1 aliphatic rings. The van der Waals surface area contributed by atoms with Crippen LogP contribution in [-0.2, 0) is 12.8 Å². The number of aromatic nitrogens is 5. The van der Waals surface area contributed by atoms with Gasteiger partial charge in [-0.3, -0.25) is 4.98 Å². The molecule has 29 heavy (non-hydrogen) atoms. The summed E-state index contributed by atoms with van der Waals surface area (Å²) >= 11 is 0. The molecule has 1 saturated heterocycles. The second-order valence-corrected chi connectivity index (χ2v) is 7.28. The summed E-state index contributed by atoms with van der Waals surface area (Å²) < 4.78 is 0. The van der Waals surface area contributed by atoms with Crippen molar-refractivity contribution in [2.45, 2.75) is 45.6 Å². The summed E-state index contributed by atoms with van der Waals surface area (Å²) in [6.07, 6.45) is 9.12. The van der Waals surface area contributed by atoms with Crippen molar-refractivity contribution in [3.05, 3.63) is 54.4 Å². The van der Waals surface area contributed by atoms with Gasteiger partial charge in [0.25, 0.3) is 0 Å². The number of nitrogens with one attached hydrogen (secondary N) is 1. The standard InChI is InChI=1S/C22H27N7/c1-3-17-14-21(25-15-24-17)29-11-7-19(8-12-29)26-20-13-18(4-2)27-22(28-20)16-5-9-23-10-6-16/h5-6,9-10,13-15,19H,3-4,7-8,11-12H2,1-2H3,(H,26,27,28). The van der Waals surface area contributed by atoms with Crippen LogP contribution >= 0.6 is 0 Å². The highest BCUT2D eigenvalue weighted by atomic mass is 15.2. The van der Waals surface area contributed by atoms with Gasteiger partial charge in [0, 0.05) is 60.6 Å². The fourth-order valence-electron chi connectivity index (χ4n) is 3.60. The third-order valence-electron chi connectivity index (χ3n) is 5.32. The van der Waals surface area contributed by atoms with Gasteiger partial charge in [-0.2, -0.15) is 0 Å². The maximum atomic E-state index is 4.76. The summed E-state index contributed by atoms with van der Waals surface area (Å²) in [6, 6.07) is 8.46. The van der Waals surface area contributed by atoms with Crippen LogP contribution < -0.4 is 10.2 Å². The van der Waals surface area contributed by atoms with Crippen LogP contribution in [0.1, 0.15) is 38.1 Å². The summed E-state index contributed by atoms with van der Waals surface area (Å²) in [6.45, 7) is 6.18. The number of hydrogen-bond acceptors (Lipinski definition) is 7. The van der Waals surface area contributed by atoms with Crippen molar-refractivity contribution in [1.29, 1.82) is 0 Å². The number of rotatable bonds is 6. The first kappa shape index (κ1) is 19.2. The monoisotopic (exact) mass is 389 g/mol. The SMILES string of the molecule is CCc1cc(N2CCC(Nc3cc(CC)nc(-c4ccncc4)n3)CC2)ncn1. The van der Waals surface area contributed by atoms with Gasteiger partial charge in [0.2, 0.25) is 0 Å². The van der Waals surface area contributed by atoms with E-state index in [2.05, 4.69) is 56.1 Å². The molecule has 7 heteroatoms. The number of hydrogen-bond donors (Lipinski definition) is 1. The summed E-state index contributed by atoms with van der Waals surface area (Å²) in [5.74, 6) is 2.68. The third kappa shape index (κ3) is 4.67. The van der Waals surface area contributed by atoms with E-state index in [1.807, 2.05) is 12.1 Å². The van der Waals surface area contributed by atoms with Crippen LogP contribution in [0.5, 0.6) is 0 Å². The van der Waals surface area contributed by atoms with E-state index in [1.54, 1.807) is 18.7 Å². The Bertz CT molecular complexity index is 937. The smallest absolute Gasteiger partial charge is 0.161 e. The molecule has 3 aromatic heterocycles. The van der Waals surface area contributed by atoms with Crippen molar-refractivity contribution in [2.24, 2.45) is 0 Å². The molecule has 3 aromatic rings. The molecule has 0 aliphatic carbocycles. The van der Waals surface area contributed by atoms with E-state index in [-0.39, 0.29) is 0 Å². The average molecular weight is 390 g/mol. The molecule has 4 heterocycles. The Morgan fingerprint density at radius 3 is 2.45 bits per heavy atom. The van der Waals surface area contributed by atoms with Gasteiger partial charge in [-0.15, -0.1) is 0 Å². The van der Waals surface area contributed by atoms with E-state index in [0.29, 0.717) is 6.04 Å². The molecule has 0 amide bonds. The number of aryl methyl sites for hydroxylation is 2. The summed E-state index contributed by atoms with van der Waals surface area (Å²) in [5.41, 5.74) is 3.12. The van der Waals surface area contributed by atoms with Crippen LogP contribution in [-0.4, -0.2) is 44.1 Å². The minimum Gasteiger partial charge on any atom is -0.367 e. The largest absolute Gasteiger partial charge is 0.367 e. The van der Waals surface area contributed by atoms with Crippen molar-refractivity contribution < 1.29 is 0 Å². The van der Waals surface area contributed by atoms with Gasteiger partial charge in [0.05, 0.1) is 0 Å². The molecule has 1 N–H and O–H groups in total. The molecule has 4 rings (SSSR count). The predicted molar refractivity (Wildman–Crippen MR) is 115 cm³/mol. The van der Waals surface area contributed by atoms with Gasteiger partial charge in [-0.05, 0) is 37.8 Å². The van der Waals surface area contributed by atoms with Gasteiger partial charge >= 0.3 is 0 Å². The highest BCUT2D eigenvalue weighted by Gasteiger charge is 2.21. The Kier molecular flexibility index (Phi) is 5.93. The highest BCUT2D eigenvalue weighted by Crippen LogP contribution is 2.22. The molecule has 0 atom stereocenters. The lowest BCUT2D eigenvalue weighted by atomic mass is 10.0. The van der Waals surface area contributed by atoms with Gasteiger partial charge < -0.3 is 10.2 Å². The van der Waals surface area contributed by atoms with Crippen molar-refractivity contribution in [3.63, 3.8) is 0 Å². The molecule has 0 aromatic carbocycles. The van der Waals surface area contributed by atoms with Crippen LogP contribution in [0, 0.1) is 0 Å². The first-order valence-corrected chi connectivity index (χ1v) is 10.4. The molecule has 150 valence electrons. The molecule has 1 aliphatic heterocycles. The highest BCUT2D eigenvalue weighted by molar-refractivity contribution is 5.57. The molecule has 0 unspecified atom stereocenters. The molecule has 0 saturated carbocycles. The zero-order valence-electron chi connectivity index (χ0n) is 17.0. The van der Waals surface area contributed by atoms with Crippen molar-refractivity contribution in [1.82, 2.24) is 24.9 Å². The summed E-state index contributed by atoms with van der Waals surface area (Å²) in [4.78, 5) is 24.6. The van der Waals surface area contributed by atoms with Crippen molar-refractivity contribution >= 4 is 11.6 Å². The fraction of sp³-hybridized carbons (Fsp3) is 0.409.